The summed E-state index contributed by atoms with van der Waals surface area (Å²) in [6, 6.07) is 7.92. The van der Waals surface area contributed by atoms with E-state index < -0.39 is 10.0 Å². The maximum Gasteiger partial charge on any atom is 0.216 e. The first-order valence-electron chi connectivity index (χ1n) is 6.87. The van der Waals surface area contributed by atoms with Crippen molar-refractivity contribution in [1.29, 1.82) is 0 Å². The number of benzene rings is 1. The first-order chi connectivity index (χ1) is 9.09. The molecule has 0 spiro atoms. The van der Waals surface area contributed by atoms with Crippen LogP contribution in [0.1, 0.15) is 37.3 Å². The molecular formula is C14H22N2O2S. The highest BCUT2D eigenvalue weighted by Gasteiger charge is 2.23. The average Bonchev–Trinajstić information content (AvgIpc) is 2.33. The van der Waals surface area contributed by atoms with Gasteiger partial charge in [0.2, 0.25) is 10.0 Å². The van der Waals surface area contributed by atoms with Gasteiger partial charge < -0.3 is 5.32 Å². The zero-order valence-electron chi connectivity index (χ0n) is 11.4. The van der Waals surface area contributed by atoms with Crippen molar-refractivity contribution in [2.45, 2.75) is 44.5 Å². The van der Waals surface area contributed by atoms with E-state index >= 15 is 0 Å². The molecule has 0 amide bonds. The summed E-state index contributed by atoms with van der Waals surface area (Å²) in [6.45, 7) is 3.82. The average molecular weight is 282 g/mol. The highest BCUT2D eigenvalue weighted by atomic mass is 32.2. The summed E-state index contributed by atoms with van der Waals surface area (Å²) in [5.41, 5.74) is 2.02. The van der Waals surface area contributed by atoms with Crippen molar-refractivity contribution < 1.29 is 8.42 Å². The maximum absolute atomic E-state index is 11.9. The van der Waals surface area contributed by atoms with E-state index in [9.17, 15) is 8.42 Å². The minimum absolute atomic E-state index is 0.0744. The molecule has 0 heterocycles. The number of hydrogen-bond acceptors (Lipinski definition) is 3. The lowest BCUT2D eigenvalue weighted by Crippen LogP contribution is -2.39. The van der Waals surface area contributed by atoms with Crippen LogP contribution >= 0.6 is 0 Å². The molecule has 106 valence electrons. The first kappa shape index (κ1) is 14.5. The van der Waals surface area contributed by atoms with E-state index in [2.05, 4.69) is 17.0 Å². The summed E-state index contributed by atoms with van der Waals surface area (Å²) in [7, 11) is -3.19. The van der Waals surface area contributed by atoms with Gasteiger partial charge in [-0.3, -0.25) is 0 Å². The second-order valence-electron chi connectivity index (χ2n) is 5.10. The van der Waals surface area contributed by atoms with Gasteiger partial charge in [-0.05, 0) is 30.5 Å². The van der Waals surface area contributed by atoms with Gasteiger partial charge in [0, 0.05) is 12.6 Å². The fraction of sp³-hybridized carbons (Fsp3) is 0.571. The van der Waals surface area contributed by atoms with Crippen LogP contribution in [0.25, 0.3) is 0 Å². The Bertz CT molecular complexity index is 493. The van der Waals surface area contributed by atoms with Gasteiger partial charge in [-0.15, -0.1) is 0 Å². The van der Waals surface area contributed by atoms with Crippen molar-refractivity contribution >= 4 is 10.0 Å². The molecule has 0 saturated heterocycles. The molecule has 1 saturated carbocycles. The van der Waals surface area contributed by atoms with Crippen molar-refractivity contribution in [2.75, 3.05) is 6.54 Å². The lowest BCUT2D eigenvalue weighted by Gasteiger charge is -2.26. The van der Waals surface area contributed by atoms with E-state index in [1.54, 1.807) is 0 Å². The molecule has 0 radical (unpaired) electrons. The fourth-order valence-electron chi connectivity index (χ4n) is 2.06. The highest BCUT2D eigenvalue weighted by Crippen LogP contribution is 2.19. The molecule has 1 aliphatic carbocycles. The second-order valence-corrected chi connectivity index (χ2v) is 6.86. The molecule has 4 nitrogen and oxygen atoms in total. The Kier molecular flexibility index (Phi) is 4.96. The van der Waals surface area contributed by atoms with Crippen LogP contribution in [-0.2, 0) is 22.3 Å². The van der Waals surface area contributed by atoms with Crippen molar-refractivity contribution in [1.82, 2.24) is 10.0 Å². The Morgan fingerprint density at radius 2 is 1.79 bits per heavy atom. The van der Waals surface area contributed by atoms with E-state index in [1.807, 2.05) is 24.3 Å². The van der Waals surface area contributed by atoms with E-state index in [0.29, 0.717) is 0 Å². The van der Waals surface area contributed by atoms with E-state index in [0.717, 1.165) is 37.9 Å². The summed E-state index contributed by atoms with van der Waals surface area (Å²) in [5.74, 6) is 0.0744. The quantitative estimate of drug-likeness (QED) is 0.801. The maximum atomic E-state index is 11.9. The van der Waals surface area contributed by atoms with E-state index in [-0.39, 0.29) is 11.8 Å². The molecule has 0 bridgehead atoms. The van der Waals surface area contributed by atoms with Crippen LogP contribution in [-0.4, -0.2) is 21.0 Å². The third-order valence-electron chi connectivity index (χ3n) is 3.41. The molecule has 1 aromatic carbocycles. The van der Waals surface area contributed by atoms with E-state index in [4.69, 9.17) is 0 Å². The molecule has 0 aliphatic heterocycles. The van der Waals surface area contributed by atoms with Crippen LogP contribution < -0.4 is 10.0 Å². The van der Waals surface area contributed by atoms with Crippen molar-refractivity contribution in [3.8, 4) is 0 Å². The normalized spacial score (nSPS) is 16.3. The predicted molar refractivity (Wildman–Crippen MR) is 77.2 cm³/mol. The lowest BCUT2D eigenvalue weighted by atomic mass is 9.94. The summed E-state index contributed by atoms with van der Waals surface area (Å²) in [6.07, 6.45) is 3.08. The topological polar surface area (TPSA) is 58.2 Å². The monoisotopic (exact) mass is 282 g/mol. The molecule has 5 heteroatoms. The van der Waals surface area contributed by atoms with Gasteiger partial charge in [-0.25, -0.2) is 13.1 Å². The van der Waals surface area contributed by atoms with Gasteiger partial charge in [-0.1, -0.05) is 37.6 Å². The van der Waals surface area contributed by atoms with Crippen LogP contribution in [0.5, 0.6) is 0 Å². The van der Waals surface area contributed by atoms with Crippen LogP contribution in [0.2, 0.25) is 0 Å². The molecule has 1 aromatic rings. The molecule has 0 atom stereocenters. The third-order valence-corrected chi connectivity index (χ3v) is 4.82. The van der Waals surface area contributed by atoms with Crippen LogP contribution in [0.4, 0.5) is 0 Å². The molecule has 1 fully saturated rings. The third kappa shape index (κ3) is 4.60. The van der Waals surface area contributed by atoms with Crippen LogP contribution in [0, 0.1) is 0 Å². The summed E-state index contributed by atoms with van der Waals surface area (Å²) < 4.78 is 26.6. The minimum atomic E-state index is -3.19. The van der Waals surface area contributed by atoms with Gasteiger partial charge in [0.05, 0.1) is 5.75 Å². The molecule has 1 aliphatic rings. The predicted octanol–water partition coefficient (Wildman–Crippen LogP) is 1.77. The SMILES string of the molecule is CCNCc1ccc(CS(=O)(=O)NC2CCC2)cc1. The Morgan fingerprint density at radius 1 is 1.16 bits per heavy atom. The molecular weight excluding hydrogens is 260 g/mol. The number of rotatable bonds is 7. The summed E-state index contributed by atoms with van der Waals surface area (Å²) in [4.78, 5) is 0. The van der Waals surface area contributed by atoms with Crippen molar-refractivity contribution in [3.63, 3.8) is 0 Å². The van der Waals surface area contributed by atoms with Crippen LogP contribution in [0.3, 0.4) is 0 Å². The van der Waals surface area contributed by atoms with Gasteiger partial charge >= 0.3 is 0 Å². The number of hydrogen-bond donors (Lipinski definition) is 2. The first-order valence-corrected chi connectivity index (χ1v) is 8.53. The lowest BCUT2D eigenvalue weighted by molar-refractivity contribution is 0.383. The second kappa shape index (κ2) is 6.50. The van der Waals surface area contributed by atoms with Gasteiger partial charge in [0.15, 0.2) is 0 Å². The standard InChI is InChI=1S/C14H22N2O2S/c1-2-15-10-12-6-8-13(9-7-12)11-19(17,18)16-14-4-3-5-14/h6-9,14-16H,2-5,10-11H2,1H3. The Morgan fingerprint density at radius 3 is 2.32 bits per heavy atom. The molecule has 19 heavy (non-hydrogen) atoms. The minimum Gasteiger partial charge on any atom is -0.313 e. The van der Waals surface area contributed by atoms with Crippen molar-refractivity contribution in [2.24, 2.45) is 0 Å². The van der Waals surface area contributed by atoms with Gasteiger partial charge in [-0.2, -0.15) is 0 Å². The smallest absolute Gasteiger partial charge is 0.216 e. The molecule has 2 N–H and O–H groups in total. The molecule has 0 unspecified atom stereocenters. The Balaban J connectivity index is 1.90. The molecule has 2 rings (SSSR count). The van der Waals surface area contributed by atoms with E-state index in [1.165, 1.54) is 5.56 Å². The highest BCUT2D eigenvalue weighted by molar-refractivity contribution is 7.88. The van der Waals surface area contributed by atoms with Gasteiger partial charge in [0.1, 0.15) is 0 Å². The van der Waals surface area contributed by atoms with Crippen LogP contribution in [0.15, 0.2) is 24.3 Å². The Labute approximate surface area is 115 Å². The summed E-state index contributed by atoms with van der Waals surface area (Å²) in [5, 5.41) is 3.24. The van der Waals surface area contributed by atoms with Gasteiger partial charge in [0.25, 0.3) is 0 Å². The summed E-state index contributed by atoms with van der Waals surface area (Å²) >= 11 is 0. The zero-order chi connectivity index (χ0) is 13.7. The van der Waals surface area contributed by atoms with Crippen molar-refractivity contribution in [3.05, 3.63) is 35.4 Å². The molecule has 0 aromatic heterocycles. The zero-order valence-corrected chi connectivity index (χ0v) is 12.2. The number of nitrogens with one attached hydrogen (secondary N) is 2. The Hall–Kier alpha value is -0.910. The number of sulfonamides is 1. The largest absolute Gasteiger partial charge is 0.313 e. The fourth-order valence-corrected chi connectivity index (χ4v) is 3.52.